The van der Waals surface area contributed by atoms with Gasteiger partial charge in [-0.2, -0.15) is 5.10 Å². The van der Waals surface area contributed by atoms with Crippen molar-refractivity contribution in [3.8, 4) is 11.1 Å². The van der Waals surface area contributed by atoms with Gasteiger partial charge < -0.3 is 10.1 Å². The number of amides is 2. The van der Waals surface area contributed by atoms with E-state index in [0.717, 1.165) is 39.9 Å². The molecule has 1 N–H and O–H groups in total. The van der Waals surface area contributed by atoms with Crippen molar-refractivity contribution in [2.75, 3.05) is 5.32 Å². The second-order valence-corrected chi connectivity index (χ2v) is 11.4. The second kappa shape index (κ2) is 9.08. The lowest BCUT2D eigenvalue weighted by Gasteiger charge is -2.23. The lowest BCUT2D eigenvalue weighted by atomic mass is 9.94. The van der Waals surface area contributed by atoms with Gasteiger partial charge in [0.1, 0.15) is 11.4 Å². The first-order chi connectivity index (χ1) is 18.6. The Balaban J connectivity index is 1.44. The van der Waals surface area contributed by atoms with Crippen molar-refractivity contribution in [2.45, 2.75) is 53.2 Å². The number of anilines is 2. The molecule has 0 bridgehead atoms. The quantitative estimate of drug-likeness (QED) is 0.329. The zero-order valence-corrected chi connectivity index (χ0v) is 22.8. The number of allylic oxidation sites excluding steroid dienone is 1. The lowest BCUT2D eigenvalue weighted by Crippen LogP contribution is -2.37. The minimum absolute atomic E-state index is 0.107. The van der Waals surface area contributed by atoms with Crippen LogP contribution in [-0.4, -0.2) is 37.1 Å². The zero-order chi connectivity index (χ0) is 27.5. The van der Waals surface area contributed by atoms with Crippen molar-refractivity contribution in [1.29, 1.82) is 0 Å². The number of carbonyl (C=O) groups is 2. The Labute approximate surface area is 227 Å². The molecule has 0 spiro atoms. The molecule has 198 valence electrons. The van der Waals surface area contributed by atoms with Gasteiger partial charge in [-0.3, -0.25) is 4.79 Å². The van der Waals surface area contributed by atoms with Crippen LogP contribution in [0.15, 0.2) is 54.9 Å². The monoisotopic (exact) mass is 521 g/mol. The molecule has 1 unspecified atom stereocenters. The Morgan fingerprint density at radius 3 is 2.72 bits per heavy atom. The van der Waals surface area contributed by atoms with E-state index in [0.29, 0.717) is 23.0 Å². The van der Waals surface area contributed by atoms with Crippen LogP contribution in [0.5, 0.6) is 0 Å². The van der Waals surface area contributed by atoms with Crippen LogP contribution in [0.4, 0.5) is 16.3 Å². The number of benzene rings is 1. The molecule has 8 heteroatoms. The third-order valence-corrected chi connectivity index (χ3v) is 7.06. The predicted molar refractivity (Wildman–Crippen MR) is 151 cm³/mol. The maximum absolute atomic E-state index is 13.8. The molecule has 1 aliphatic carbocycles. The number of rotatable bonds is 3. The van der Waals surface area contributed by atoms with Crippen LogP contribution in [0.3, 0.4) is 0 Å². The highest BCUT2D eigenvalue weighted by atomic mass is 16.6. The number of nitrogens with one attached hydrogen (secondary N) is 1. The average Bonchev–Trinajstić information content (AvgIpc) is 3.44. The van der Waals surface area contributed by atoms with Crippen LogP contribution in [0.1, 0.15) is 60.4 Å². The molecule has 1 aliphatic heterocycles. The highest BCUT2D eigenvalue weighted by Gasteiger charge is 2.39. The number of ether oxygens (including phenoxy) is 1. The molecule has 0 radical (unpaired) electrons. The van der Waals surface area contributed by atoms with Crippen molar-refractivity contribution < 1.29 is 14.3 Å². The van der Waals surface area contributed by atoms with Crippen molar-refractivity contribution in [1.82, 2.24) is 19.5 Å². The smallest absolute Gasteiger partial charge is 0.417 e. The Bertz CT molecular complexity index is 1680. The van der Waals surface area contributed by atoms with E-state index < -0.39 is 17.6 Å². The zero-order valence-electron chi connectivity index (χ0n) is 22.8. The molecule has 1 atom stereocenters. The van der Waals surface area contributed by atoms with Crippen molar-refractivity contribution >= 4 is 35.1 Å². The van der Waals surface area contributed by atoms with Gasteiger partial charge >= 0.3 is 6.09 Å². The van der Waals surface area contributed by atoms with Gasteiger partial charge in [-0.25, -0.2) is 19.2 Å². The van der Waals surface area contributed by atoms with Gasteiger partial charge in [0, 0.05) is 11.8 Å². The van der Waals surface area contributed by atoms with E-state index in [9.17, 15) is 9.59 Å². The van der Waals surface area contributed by atoms with E-state index >= 15 is 0 Å². The normalized spacial score (nSPS) is 16.4. The van der Waals surface area contributed by atoms with Gasteiger partial charge in [0.25, 0.3) is 5.91 Å². The highest BCUT2D eigenvalue weighted by Crippen LogP contribution is 2.40. The molecule has 8 nitrogen and oxygen atoms in total. The molecular weight excluding hydrogens is 490 g/mol. The molecule has 4 aromatic rings. The average molecular weight is 522 g/mol. The lowest BCUT2D eigenvalue weighted by molar-refractivity contribution is 0.0248. The molecule has 3 aromatic heterocycles. The van der Waals surface area contributed by atoms with Crippen molar-refractivity contribution in [2.24, 2.45) is 5.92 Å². The van der Waals surface area contributed by atoms with E-state index in [2.05, 4.69) is 29.5 Å². The number of aromatic nitrogens is 3. The van der Waals surface area contributed by atoms with Gasteiger partial charge in [-0.15, -0.1) is 0 Å². The first kappa shape index (κ1) is 24.9. The standard InChI is InChI=1S/C31H31N5O3/c1-18-6-10-24-20(14-18)8-13-27(33-24)34-25-11-9-21(22-15-32-36-16-19(2)7-12-26(22)36)23-17-35(29(37)28(23)25)30(38)39-31(3,4)5/h6-13,15-16,18H,14,17H2,1-5H3,(H,33,34). The summed E-state index contributed by atoms with van der Waals surface area (Å²) < 4.78 is 7.41. The Morgan fingerprint density at radius 1 is 1.10 bits per heavy atom. The maximum atomic E-state index is 13.8. The number of fused-ring (bicyclic) bond motifs is 3. The van der Waals surface area contributed by atoms with E-state index in [1.54, 1.807) is 27.0 Å². The SMILES string of the molecule is Cc1ccc2c(-c3ccc(Nc4ccc5c(n4)C=CC(C)C5)c4c3CN(C(=O)OC(C)(C)C)C4=O)cnn2c1. The second-order valence-electron chi connectivity index (χ2n) is 11.4. The number of nitrogens with zero attached hydrogens (tertiary/aromatic N) is 4. The Kier molecular flexibility index (Phi) is 5.79. The summed E-state index contributed by atoms with van der Waals surface area (Å²) in [5.41, 5.74) is 6.94. The summed E-state index contributed by atoms with van der Waals surface area (Å²) >= 11 is 0. The molecule has 0 fully saturated rings. The third-order valence-electron chi connectivity index (χ3n) is 7.06. The molecule has 0 saturated heterocycles. The summed E-state index contributed by atoms with van der Waals surface area (Å²) in [5, 5.41) is 7.89. The van der Waals surface area contributed by atoms with E-state index in [1.807, 2.05) is 54.0 Å². The molecule has 1 aromatic carbocycles. The molecular formula is C31H31N5O3. The summed E-state index contributed by atoms with van der Waals surface area (Å²) in [5.74, 6) is 0.717. The minimum atomic E-state index is -0.728. The fourth-order valence-corrected chi connectivity index (χ4v) is 5.24. The van der Waals surface area contributed by atoms with Crippen LogP contribution in [0, 0.1) is 12.8 Å². The van der Waals surface area contributed by atoms with Gasteiger partial charge in [-0.1, -0.05) is 31.2 Å². The van der Waals surface area contributed by atoms with E-state index in [-0.39, 0.29) is 6.54 Å². The van der Waals surface area contributed by atoms with Gasteiger partial charge in [-0.05, 0) is 86.6 Å². The number of imide groups is 1. The largest absolute Gasteiger partial charge is 0.443 e. The highest BCUT2D eigenvalue weighted by molar-refractivity contribution is 6.12. The summed E-state index contributed by atoms with van der Waals surface area (Å²) in [6, 6.07) is 11.9. The summed E-state index contributed by atoms with van der Waals surface area (Å²) in [7, 11) is 0. The number of aryl methyl sites for hydroxylation is 1. The third kappa shape index (κ3) is 4.56. The Hall–Kier alpha value is -4.46. The van der Waals surface area contributed by atoms with E-state index in [4.69, 9.17) is 9.72 Å². The van der Waals surface area contributed by atoms with Crippen LogP contribution < -0.4 is 5.32 Å². The molecule has 2 amide bonds. The number of hydrogen-bond acceptors (Lipinski definition) is 6. The van der Waals surface area contributed by atoms with Crippen LogP contribution in [0.2, 0.25) is 0 Å². The Morgan fingerprint density at radius 2 is 1.92 bits per heavy atom. The molecule has 6 rings (SSSR count). The van der Waals surface area contributed by atoms with Crippen molar-refractivity contribution in [3.05, 3.63) is 82.8 Å². The molecule has 39 heavy (non-hydrogen) atoms. The maximum Gasteiger partial charge on any atom is 0.417 e. The predicted octanol–water partition coefficient (Wildman–Crippen LogP) is 6.54. The topological polar surface area (TPSA) is 88.8 Å². The number of hydrogen-bond donors (Lipinski definition) is 1. The number of pyridine rings is 2. The van der Waals surface area contributed by atoms with Crippen molar-refractivity contribution in [3.63, 3.8) is 0 Å². The first-order valence-corrected chi connectivity index (χ1v) is 13.2. The van der Waals surface area contributed by atoms with Crippen LogP contribution in [0.25, 0.3) is 22.7 Å². The van der Waals surface area contributed by atoms with Crippen LogP contribution >= 0.6 is 0 Å². The summed E-state index contributed by atoms with van der Waals surface area (Å²) in [4.78, 5) is 32.8. The summed E-state index contributed by atoms with van der Waals surface area (Å²) in [6.45, 7) is 9.67. The van der Waals surface area contributed by atoms with Gasteiger partial charge in [0.2, 0.25) is 0 Å². The van der Waals surface area contributed by atoms with E-state index in [1.165, 1.54) is 10.5 Å². The number of carbonyl (C=O) groups excluding carboxylic acids is 2. The molecule has 0 saturated carbocycles. The van der Waals surface area contributed by atoms with Gasteiger partial charge in [0.05, 0.1) is 35.2 Å². The minimum Gasteiger partial charge on any atom is -0.443 e. The van der Waals surface area contributed by atoms with Gasteiger partial charge in [0.15, 0.2) is 0 Å². The fourth-order valence-electron chi connectivity index (χ4n) is 5.24. The summed E-state index contributed by atoms with van der Waals surface area (Å²) in [6.07, 6.45) is 8.25. The molecule has 2 aliphatic rings. The van der Waals surface area contributed by atoms with Crippen LogP contribution in [-0.2, 0) is 17.7 Å². The first-order valence-electron chi connectivity index (χ1n) is 13.2. The molecule has 4 heterocycles. The fraction of sp³-hybridized carbons (Fsp3) is 0.290.